The summed E-state index contributed by atoms with van der Waals surface area (Å²) >= 11 is 0. The van der Waals surface area contributed by atoms with Gasteiger partial charge in [-0.2, -0.15) is 0 Å². The van der Waals surface area contributed by atoms with Crippen molar-refractivity contribution in [2.75, 3.05) is 18.8 Å². The first-order valence-electron chi connectivity index (χ1n) is 6.59. The van der Waals surface area contributed by atoms with Crippen molar-refractivity contribution in [2.24, 2.45) is 5.41 Å². The third-order valence-electron chi connectivity index (χ3n) is 4.00. The van der Waals surface area contributed by atoms with Crippen LogP contribution in [0.2, 0.25) is 0 Å². The average molecular weight is 272 g/mol. The van der Waals surface area contributed by atoms with Crippen molar-refractivity contribution in [3.63, 3.8) is 0 Å². The lowest BCUT2D eigenvalue weighted by atomic mass is 9.84. The zero-order valence-corrected chi connectivity index (χ0v) is 12.5. The number of hydrogen-bond donors (Lipinski definition) is 1. The molecule has 0 amide bonds. The van der Waals surface area contributed by atoms with Crippen molar-refractivity contribution in [3.05, 3.63) is 11.5 Å². The van der Waals surface area contributed by atoms with Crippen LogP contribution in [0.4, 0.5) is 0 Å². The molecule has 2 aliphatic rings. The standard InChI is InChI=1S/C13H24N2O2S/c1-10-7-14-12(13(2,3)4)8-15(10)11-5-6-18(16,17)9-11/h5-6,10-12,14H,7-9H2,1-4H3. The Hall–Kier alpha value is -0.390. The van der Waals surface area contributed by atoms with Gasteiger partial charge in [-0.1, -0.05) is 26.8 Å². The Kier molecular flexibility index (Phi) is 3.60. The minimum atomic E-state index is -2.96. The summed E-state index contributed by atoms with van der Waals surface area (Å²) in [5, 5.41) is 4.94. The first kappa shape index (κ1) is 14.0. The molecule has 0 aromatic carbocycles. The van der Waals surface area contributed by atoms with E-state index in [1.807, 2.05) is 6.08 Å². The molecule has 1 saturated heterocycles. The summed E-state index contributed by atoms with van der Waals surface area (Å²) in [5.41, 5.74) is 0.194. The van der Waals surface area contributed by atoms with Crippen molar-refractivity contribution in [2.45, 2.75) is 45.8 Å². The van der Waals surface area contributed by atoms with Crippen LogP contribution in [0.3, 0.4) is 0 Å². The molecule has 0 bridgehead atoms. The van der Waals surface area contributed by atoms with Gasteiger partial charge in [0, 0.05) is 36.6 Å². The highest BCUT2D eigenvalue weighted by Crippen LogP contribution is 2.26. The van der Waals surface area contributed by atoms with E-state index in [-0.39, 0.29) is 17.2 Å². The molecule has 3 atom stereocenters. The van der Waals surface area contributed by atoms with Gasteiger partial charge in [0.1, 0.15) is 0 Å². The highest BCUT2D eigenvalue weighted by atomic mass is 32.2. The fourth-order valence-electron chi connectivity index (χ4n) is 2.69. The van der Waals surface area contributed by atoms with Gasteiger partial charge in [-0.15, -0.1) is 0 Å². The predicted octanol–water partition coefficient (Wildman–Crippen LogP) is 1.01. The molecule has 0 aromatic rings. The molecule has 0 radical (unpaired) electrons. The van der Waals surface area contributed by atoms with E-state index in [1.165, 1.54) is 5.41 Å². The van der Waals surface area contributed by atoms with E-state index in [0.717, 1.165) is 13.1 Å². The number of piperazine rings is 1. The van der Waals surface area contributed by atoms with Crippen LogP contribution >= 0.6 is 0 Å². The molecule has 0 aromatic heterocycles. The third kappa shape index (κ3) is 2.95. The fraction of sp³-hybridized carbons (Fsp3) is 0.846. The Morgan fingerprint density at radius 2 is 2.00 bits per heavy atom. The van der Waals surface area contributed by atoms with Crippen molar-refractivity contribution in [1.82, 2.24) is 10.2 Å². The van der Waals surface area contributed by atoms with Gasteiger partial charge in [0.15, 0.2) is 9.84 Å². The Morgan fingerprint density at radius 3 is 2.50 bits per heavy atom. The minimum absolute atomic E-state index is 0.0527. The van der Waals surface area contributed by atoms with Crippen LogP contribution in [0.1, 0.15) is 27.7 Å². The molecule has 0 aliphatic carbocycles. The van der Waals surface area contributed by atoms with E-state index in [0.29, 0.717) is 12.1 Å². The molecule has 2 rings (SSSR count). The van der Waals surface area contributed by atoms with Crippen LogP contribution in [0.25, 0.3) is 0 Å². The van der Waals surface area contributed by atoms with E-state index in [4.69, 9.17) is 0 Å². The molecule has 0 saturated carbocycles. The predicted molar refractivity (Wildman–Crippen MR) is 74.1 cm³/mol. The van der Waals surface area contributed by atoms with Gasteiger partial charge in [-0.3, -0.25) is 4.90 Å². The normalized spacial score (nSPS) is 37.0. The SMILES string of the molecule is CC1CNC(C(C)(C)C)CN1C1C=CS(=O)(=O)C1. The van der Waals surface area contributed by atoms with E-state index < -0.39 is 9.84 Å². The smallest absolute Gasteiger partial charge is 0.173 e. The van der Waals surface area contributed by atoms with Crippen molar-refractivity contribution >= 4 is 9.84 Å². The van der Waals surface area contributed by atoms with Gasteiger partial charge >= 0.3 is 0 Å². The molecule has 1 fully saturated rings. The Labute approximate surface area is 110 Å². The maximum atomic E-state index is 11.5. The van der Waals surface area contributed by atoms with Gasteiger partial charge in [0.05, 0.1) is 5.75 Å². The first-order valence-corrected chi connectivity index (χ1v) is 8.31. The number of nitrogens with zero attached hydrogens (tertiary/aromatic N) is 1. The van der Waals surface area contributed by atoms with Crippen molar-refractivity contribution < 1.29 is 8.42 Å². The first-order chi connectivity index (χ1) is 8.19. The highest BCUT2D eigenvalue weighted by molar-refractivity contribution is 7.94. The Bertz CT molecular complexity index is 436. The van der Waals surface area contributed by atoms with Crippen molar-refractivity contribution in [3.8, 4) is 0 Å². The molecule has 2 aliphatic heterocycles. The van der Waals surface area contributed by atoms with Gasteiger partial charge in [0.25, 0.3) is 0 Å². The molecule has 5 heteroatoms. The summed E-state index contributed by atoms with van der Waals surface area (Å²) in [7, 11) is -2.96. The summed E-state index contributed by atoms with van der Waals surface area (Å²) in [6.45, 7) is 10.7. The van der Waals surface area contributed by atoms with Crippen LogP contribution in [0.15, 0.2) is 11.5 Å². The van der Waals surface area contributed by atoms with Crippen LogP contribution < -0.4 is 5.32 Å². The highest BCUT2D eigenvalue weighted by Gasteiger charge is 2.37. The summed E-state index contributed by atoms with van der Waals surface area (Å²) in [6.07, 6.45) is 1.84. The molecule has 3 unspecified atom stereocenters. The summed E-state index contributed by atoms with van der Waals surface area (Å²) in [5.74, 6) is 0.244. The maximum absolute atomic E-state index is 11.5. The zero-order chi connectivity index (χ0) is 13.6. The summed E-state index contributed by atoms with van der Waals surface area (Å²) < 4.78 is 23.1. The summed E-state index contributed by atoms with van der Waals surface area (Å²) in [4.78, 5) is 2.33. The van der Waals surface area contributed by atoms with Crippen LogP contribution in [-0.2, 0) is 9.84 Å². The van der Waals surface area contributed by atoms with Gasteiger partial charge < -0.3 is 5.32 Å². The average Bonchev–Trinajstić information content (AvgIpc) is 2.57. The van der Waals surface area contributed by atoms with Gasteiger partial charge in [-0.05, 0) is 12.3 Å². The minimum Gasteiger partial charge on any atom is -0.311 e. The second-order valence-electron chi connectivity index (χ2n) is 6.60. The fourth-order valence-corrected chi connectivity index (χ4v) is 4.00. The molecular weight excluding hydrogens is 248 g/mol. The molecule has 1 N–H and O–H groups in total. The van der Waals surface area contributed by atoms with Crippen LogP contribution in [0.5, 0.6) is 0 Å². The van der Waals surface area contributed by atoms with Gasteiger partial charge in [-0.25, -0.2) is 8.42 Å². The second-order valence-corrected chi connectivity index (χ2v) is 8.53. The quantitative estimate of drug-likeness (QED) is 0.774. The lowest BCUT2D eigenvalue weighted by Gasteiger charge is -2.45. The lowest BCUT2D eigenvalue weighted by molar-refractivity contribution is 0.0795. The van der Waals surface area contributed by atoms with E-state index in [2.05, 4.69) is 37.9 Å². The van der Waals surface area contributed by atoms with Gasteiger partial charge in [0.2, 0.25) is 0 Å². The van der Waals surface area contributed by atoms with Crippen LogP contribution in [0, 0.1) is 5.41 Å². The molecule has 18 heavy (non-hydrogen) atoms. The third-order valence-corrected chi connectivity index (χ3v) is 5.38. The number of nitrogens with one attached hydrogen (secondary N) is 1. The monoisotopic (exact) mass is 272 g/mol. The topological polar surface area (TPSA) is 49.4 Å². The summed E-state index contributed by atoms with van der Waals surface area (Å²) in [6, 6.07) is 0.842. The maximum Gasteiger partial charge on any atom is 0.173 e. The number of hydrogen-bond acceptors (Lipinski definition) is 4. The van der Waals surface area contributed by atoms with E-state index >= 15 is 0 Å². The lowest BCUT2D eigenvalue weighted by Crippen LogP contribution is -2.61. The van der Waals surface area contributed by atoms with Crippen molar-refractivity contribution in [1.29, 1.82) is 0 Å². The Balaban J connectivity index is 2.10. The Morgan fingerprint density at radius 1 is 1.33 bits per heavy atom. The van der Waals surface area contributed by atoms with E-state index in [9.17, 15) is 8.42 Å². The number of rotatable bonds is 1. The van der Waals surface area contributed by atoms with E-state index in [1.54, 1.807) is 0 Å². The largest absolute Gasteiger partial charge is 0.311 e. The molecule has 104 valence electrons. The zero-order valence-electron chi connectivity index (χ0n) is 11.7. The molecule has 2 heterocycles. The second kappa shape index (κ2) is 4.62. The van der Waals surface area contributed by atoms with Crippen LogP contribution in [-0.4, -0.2) is 50.3 Å². The molecule has 0 spiro atoms. The molecule has 4 nitrogen and oxygen atoms in total. The molecular formula is C13H24N2O2S. The number of sulfone groups is 1.